The fourth-order valence-corrected chi connectivity index (χ4v) is 1.20. The van der Waals surface area contributed by atoms with Crippen molar-refractivity contribution in [1.82, 2.24) is 4.98 Å². The molecule has 53 valence electrons. The molecule has 1 rings (SSSR count). The lowest BCUT2D eigenvalue weighted by molar-refractivity contribution is 1.25. The molecule has 0 N–H and O–H groups in total. The highest BCUT2D eigenvalue weighted by molar-refractivity contribution is 9.10. The van der Waals surface area contributed by atoms with Crippen molar-refractivity contribution in [2.45, 2.75) is 6.92 Å². The Bertz CT molecular complexity index is 237. The Hall–Kier alpha value is -0.0800. The van der Waals surface area contributed by atoms with Crippen LogP contribution in [0.3, 0.4) is 0 Å². The Morgan fingerprint density at radius 2 is 2.40 bits per heavy atom. The molecule has 0 unspecified atom stereocenters. The van der Waals surface area contributed by atoms with E-state index >= 15 is 0 Å². The van der Waals surface area contributed by atoms with Gasteiger partial charge in [-0.2, -0.15) is 0 Å². The summed E-state index contributed by atoms with van der Waals surface area (Å²) in [5.41, 5.74) is 0.955. The minimum absolute atomic E-state index is 0.547. The van der Waals surface area contributed by atoms with E-state index in [0.29, 0.717) is 5.15 Å². The lowest BCUT2D eigenvalue weighted by Gasteiger charge is -1.97. The molecule has 1 heterocycles. The summed E-state index contributed by atoms with van der Waals surface area (Å²) in [5.74, 6) is 0. The molecule has 10 heavy (non-hydrogen) atoms. The second-order valence-electron chi connectivity index (χ2n) is 1.82. The van der Waals surface area contributed by atoms with Gasteiger partial charge in [0.25, 0.3) is 0 Å². The Balaban J connectivity index is 3.09. The fraction of sp³-hybridized carbons (Fsp3) is 0.143. The predicted octanol–water partition coefficient (Wildman–Crippen LogP) is 3.07. The van der Waals surface area contributed by atoms with Crippen molar-refractivity contribution >= 4 is 27.5 Å². The van der Waals surface area contributed by atoms with E-state index in [1.165, 1.54) is 0 Å². The predicted molar refractivity (Wildman–Crippen MR) is 46.0 cm³/mol. The average molecular weight is 219 g/mol. The van der Waals surface area contributed by atoms with Gasteiger partial charge >= 0.3 is 0 Å². The van der Waals surface area contributed by atoms with Crippen molar-refractivity contribution in [1.29, 1.82) is 0 Å². The van der Waals surface area contributed by atoms with Gasteiger partial charge in [-0.1, -0.05) is 18.5 Å². The standard InChI is InChI=1S/C7H6BrClN/c1-2-5-3-6(8)4-10-7(5)9/h2-4H,1H3. The van der Waals surface area contributed by atoms with Crippen LogP contribution in [0.5, 0.6) is 0 Å². The second kappa shape index (κ2) is 3.35. The molecule has 3 heteroatoms. The van der Waals surface area contributed by atoms with E-state index in [9.17, 15) is 0 Å². The number of hydrogen-bond donors (Lipinski definition) is 0. The molecule has 1 aromatic rings. The van der Waals surface area contributed by atoms with Crippen molar-refractivity contribution < 1.29 is 0 Å². The lowest BCUT2D eigenvalue weighted by Crippen LogP contribution is -1.83. The molecular weight excluding hydrogens is 213 g/mol. The first kappa shape index (κ1) is 8.02. The number of aromatic nitrogens is 1. The molecule has 0 saturated heterocycles. The first-order valence-corrected chi connectivity index (χ1v) is 4.01. The zero-order valence-electron chi connectivity index (χ0n) is 5.44. The van der Waals surface area contributed by atoms with Gasteiger partial charge in [-0.25, -0.2) is 4.98 Å². The third-order valence-corrected chi connectivity index (χ3v) is 1.89. The zero-order valence-corrected chi connectivity index (χ0v) is 7.78. The van der Waals surface area contributed by atoms with Gasteiger partial charge in [-0.15, -0.1) is 0 Å². The quantitative estimate of drug-likeness (QED) is 0.662. The van der Waals surface area contributed by atoms with Gasteiger partial charge in [0.15, 0.2) is 0 Å². The molecule has 0 aliphatic heterocycles. The van der Waals surface area contributed by atoms with E-state index in [0.717, 1.165) is 10.0 Å². The van der Waals surface area contributed by atoms with Crippen LogP contribution in [0.2, 0.25) is 5.15 Å². The highest BCUT2D eigenvalue weighted by Crippen LogP contribution is 2.18. The highest BCUT2D eigenvalue weighted by Gasteiger charge is 1.98. The number of nitrogens with zero attached hydrogens (tertiary/aromatic N) is 1. The molecule has 1 radical (unpaired) electrons. The van der Waals surface area contributed by atoms with Gasteiger partial charge in [-0.05, 0) is 34.0 Å². The first-order valence-electron chi connectivity index (χ1n) is 2.84. The van der Waals surface area contributed by atoms with Gasteiger partial charge in [0.05, 0.1) is 0 Å². The molecule has 0 atom stereocenters. The number of halogens is 2. The number of rotatable bonds is 1. The molecule has 0 amide bonds. The average Bonchev–Trinajstić information content (AvgIpc) is 1.94. The van der Waals surface area contributed by atoms with Gasteiger partial charge in [0.1, 0.15) is 5.15 Å². The maximum atomic E-state index is 5.73. The monoisotopic (exact) mass is 218 g/mol. The largest absolute Gasteiger partial charge is 0.243 e. The van der Waals surface area contributed by atoms with Gasteiger partial charge in [-0.3, -0.25) is 0 Å². The molecule has 0 aliphatic carbocycles. The summed E-state index contributed by atoms with van der Waals surface area (Å²) in [5, 5.41) is 0.547. The van der Waals surface area contributed by atoms with Crippen molar-refractivity contribution in [3.05, 3.63) is 33.9 Å². The molecule has 1 nitrogen and oxygen atoms in total. The molecule has 0 aliphatic rings. The van der Waals surface area contributed by atoms with E-state index in [4.69, 9.17) is 11.6 Å². The molecule has 0 saturated carbocycles. The van der Waals surface area contributed by atoms with Crippen LogP contribution in [-0.2, 0) is 0 Å². The number of pyridine rings is 1. The molecule has 0 aromatic carbocycles. The van der Waals surface area contributed by atoms with E-state index in [2.05, 4.69) is 20.9 Å². The highest BCUT2D eigenvalue weighted by atomic mass is 79.9. The van der Waals surface area contributed by atoms with Gasteiger partial charge in [0, 0.05) is 10.7 Å². The SMILES string of the molecule is C[CH]c1cc(Br)cnc1Cl. The summed E-state index contributed by atoms with van der Waals surface area (Å²) in [6, 6.07) is 1.93. The summed E-state index contributed by atoms with van der Waals surface area (Å²) in [4.78, 5) is 3.94. The minimum atomic E-state index is 0.547. The van der Waals surface area contributed by atoms with Crippen molar-refractivity contribution in [2.24, 2.45) is 0 Å². The summed E-state index contributed by atoms with van der Waals surface area (Å²) in [7, 11) is 0. The summed E-state index contributed by atoms with van der Waals surface area (Å²) >= 11 is 9.03. The molecular formula is C7H6BrClN. The Labute approximate surface area is 73.6 Å². The number of hydrogen-bond acceptors (Lipinski definition) is 1. The Morgan fingerprint density at radius 1 is 1.70 bits per heavy atom. The molecule has 0 spiro atoms. The van der Waals surface area contributed by atoms with Crippen LogP contribution in [0.25, 0.3) is 0 Å². The summed E-state index contributed by atoms with van der Waals surface area (Å²) in [6.45, 7) is 1.93. The van der Waals surface area contributed by atoms with E-state index in [1.54, 1.807) is 6.20 Å². The minimum Gasteiger partial charge on any atom is -0.243 e. The van der Waals surface area contributed by atoms with Crippen molar-refractivity contribution in [3.8, 4) is 0 Å². The summed E-state index contributed by atoms with van der Waals surface area (Å²) < 4.78 is 0.949. The molecule has 0 fully saturated rings. The molecule has 1 aromatic heterocycles. The van der Waals surface area contributed by atoms with Gasteiger partial charge < -0.3 is 0 Å². The topological polar surface area (TPSA) is 12.9 Å². The van der Waals surface area contributed by atoms with Crippen LogP contribution >= 0.6 is 27.5 Å². The third kappa shape index (κ3) is 1.70. The maximum absolute atomic E-state index is 5.73. The van der Waals surface area contributed by atoms with Crippen LogP contribution in [0.4, 0.5) is 0 Å². The van der Waals surface area contributed by atoms with Crippen LogP contribution in [0.1, 0.15) is 12.5 Å². The van der Waals surface area contributed by atoms with Crippen LogP contribution < -0.4 is 0 Å². The smallest absolute Gasteiger partial charge is 0.132 e. The lowest BCUT2D eigenvalue weighted by atomic mass is 10.2. The first-order chi connectivity index (χ1) is 4.74. The van der Waals surface area contributed by atoms with Gasteiger partial charge in [0.2, 0.25) is 0 Å². The van der Waals surface area contributed by atoms with Crippen molar-refractivity contribution in [3.63, 3.8) is 0 Å². The third-order valence-electron chi connectivity index (χ3n) is 1.14. The van der Waals surface area contributed by atoms with Crippen LogP contribution in [0.15, 0.2) is 16.7 Å². The zero-order chi connectivity index (χ0) is 7.56. The summed E-state index contributed by atoms with van der Waals surface area (Å²) in [6.07, 6.45) is 3.59. The maximum Gasteiger partial charge on any atom is 0.132 e. The normalized spacial score (nSPS) is 9.90. The van der Waals surface area contributed by atoms with E-state index < -0.39 is 0 Å². The van der Waals surface area contributed by atoms with E-state index in [1.807, 2.05) is 19.4 Å². The fourth-order valence-electron chi connectivity index (χ4n) is 0.641. The van der Waals surface area contributed by atoms with Crippen LogP contribution in [0, 0.1) is 6.42 Å². The van der Waals surface area contributed by atoms with Crippen LogP contribution in [-0.4, -0.2) is 4.98 Å². The Kier molecular flexibility index (Phi) is 2.69. The van der Waals surface area contributed by atoms with E-state index in [-0.39, 0.29) is 0 Å². The second-order valence-corrected chi connectivity index (χ2v) is 3.10. The Morgan fingerprint density at radius 3 is 2.90 bits per heavy atom. The van der Waals surface area contributed by atoms with Crippen molar-refractivity contribution in [2.75, 3.05) is 0 Å². The molecule has 0 bridgehead atoms.